The van der Waals surface area contributed by atoms with Crippen LogP contribution in [0.2, 0.25) is 0 Å². The van der Waals surface area contributed by atoms with Crippen LogP contribution in [0.4, 0.5) is 5.69 Å². The SMILES string of the molecule is [CH2-]c1ccccc1N(CC)Cc1nc[nH]c1C.[Li+]. The van der Waals surface area contributed by atoms with Gasteiger partial charge in [0.1, 0.15) is 0 Å². The van der Waals surface area contributed by atoms with Gasteiger partial charge < -0.3 is 9.88 Å². The number of anilines is 1. The molecule has 0 saturated heterocycles. The molecule has 0 aliphatic carbocycles. The summed E-state index contributed by atoms with van der Waals surface area (Å²) in [7, 11) is 0. The van der Waals surface area contributed by atoms with Crippen LogP contribution >= 0.6 is 0 Å². The van der Waals surface area contributed by atoms with Gasteiger partial charge >= 0.3 is 18.9 Å². The topological polar surface area (TPSA) is 31.9 Å². The molecule has 0 fully saturated rings. The molecule has 2 rings (SSSR count). The summed E-state index contributed by atoms with van der Waals surface area (Å²) in [5, 5.41) is 0. The van der Waals surface area contributed by atoms with E-state index in [1.807, 2.05) is 25.1 Å². The number of aromatic nitrogens is 2. The van der Waals surface area contributed by atoms with E-state index in [0.717, 1.165) is 30.0 Å². The van der Waals surface area contributed by atoms with Crippen molar-refractivity contribution < 1.29 is 18.9 Å². The van der Waals surface area contributed by atoms with Gasteiger partial charge in [0, 0.05) is 12.2 Å². The van der Waals surface area contributed by atoms with Crippen LogP contribution in [0.25, 0.3) is 0 Å². The number of H-pyrrole nitrogens is 1. The maximum atomic E-state index is 4.34. The van der Waals surface area contributed by atoms with Gasteiger partial charge in [-0.2, -0.15) is 18.6 Å². The van der Waals surface area contributed by atoms with Crippen LogP contribution in [0.1, 0.15) is 23.9 Å². The quantitative estimate of drug-likeness (QED) is 0.594. The zero-order chi connectivity index (χ0) is 12.3. The monoisotopic (exact) mass is 235 g/mol. The fourth-order valence-corrected chi connectivity index (χ4v) is 1.91. The molecule has 1 N–H and O–H groups in total. The van der Waals surface area contributed by atoms with Gasteiger partial charge in [0.2, 0.25) is 0 Å². The molecule has 2 aromatic rings. The average Bonchev–Trinajstić information content (AvgIpc) is 2.73. The molecule has 0 amide bonds. The van der Waals surface area contributed by atoms with Crippen molar-refractivity contribution in [1.82, 2.24) is 9.97 Å². The van der Waals surface area contributed by atoms with Crippen LogP contribution in [0.15, 0.2) is 30.6 Å². The molecule has 0 radical (unpaired) electrons. The second kappa shape index (κ2) is 6.58. The van der Waals surface area contributed by atoms with Gasteiger partial charge in [-0.3, -0.25) is 0 Å². The molecule has 0 unspecified atom stereocenters. The fraction of sp³-hybridized carbons (Fsp3) is 0.286. The summed E-state index contributed by atoms with van der Waals surface area (Å²) in [6, 6.07) is 8.20. The Bertz CT molecular complexity index is 493. The van der Waals surface area contributed by atoms with Gasteiger partial charge in [0.15, 0.2) is 0 Å². The first-order valence-electron chi connectivity index (χ1n) is 5.87. The second-order valence-corrected chi connectivity index (χ2v) is 4.12. The molecule has 0 saturated carbocycles. The van der Waals surface area contributed by atoms with Crippen LogP contribution in [0.5, 0.6) is 0 Å². The summed E-state index contributed by atoms with van der Waals surface area (Å²) in [5.74, 6) is 0. The average molecular weight is 235 g/mol. The van der Waals surface area contributed by atoms with Gasteiger partial charge in [0.25, 0.3) is 0 Å². The Morgan fingerprint density at radius 2 is 2.06 bits per heavy atom. The van der Waals surface area contributed by atoms with Crippen LogP contribution in [-0.2, 0) is 6.54 Å². The summed E-state index contributed by atoms with van der Waals surface area (Å²) >= 11 is 0. The Morgan fingerprint density at radius 1 is 1.33 bits per heavy atom. The molecule has 4 heteroatoms. The Hall–Kier alpha value is -1.30. The van der Waals surface area contributed by atoms with Crippen molar-refractivity contribution in [3.63, 3.8) is 0 Å². The number of benzene rings is 1. The molecular formula is C14H18LiN3. The van der Waals surface area contributed by atoms with E-state index in [-0.39, 0.29) is 18.9 Å². The largest absolute Gasteiger partial charge is 1.00 e. The maximum Gasteiger partial charge on any atom is 1.00 e. The van der Waals surface area contributed by atoms with Crippen molar-refractivity contribution >= 4 is 5.69 Å². The van der Waals surface area contributed by atoms with E-state index >= 15 is 0 Å². The molecule has 0 aliphatic rings. The minimum absolute atomic E-state index is 0. The van der Waals surface area contributed by atoms with E-state index in [4.69, 9.17) is 0 Å². The van der Waals surface area contributed by atoms with E-state index in [9.17, 15) is 0 Å². The first kappa shape index (κ1) is 14.8. The number of rotatable bonds is 4. The Morgan fingerprint density at radius 3 is 2.61 bits per heavy atom. The first-order chi connectivity index (χ1) is 8.22. The van der Waals surface area contributed by atoms with Crippen LogP contribution in [-0.4, -0.2) is 16.5 Å². The summed E-state index contributed by atoms with van der Waals surface area (Å²) < 4.78 is 0. The van der Waals surface area contributed by atoms with Crippen molar-refractivity contribution in [3.8, 4) is 0 Å². The summed E-state index contributed by atoms with van der Waals surface area (Å²) in [5.41, 5.74) is 4.46. The molecule has 0 atom stereocenters. The van der Waals surface area contributed by atoms with Gasteiger partial charge in [-0.1, -0.05) is 17.8 Å². The number of para-hydroxylation sites is 1. The number of imidazole rings is 1. The van der Waals surface area contributed by atoms with E-state index < -0.39 is 0 Å². The van der Waals surface area contributed by atoms with Crippen molar-refractivity contribution in [3.05, 3.63) is 54.5 Å². The Labute approximate surface area is 121 Å². The minimum atomic E-state index is 0. The van der Waals surface area contributed by atoms with Crippen LogP contribution in [0, 0.1) is 13.8 Å². The number of nitrogens with zero attached hydrogens (tertiary/aromatic N) is 2. The zero-order valence-corrected chi connectivity index (χ0v) is 11.4. The van der Waals surface area contributed by atoms with E-state index in [1.165, 1.54) is 5.69 Å². The normalized spacial score (nSPS) is 9.89. The summed E-state index contributed by atoms with van der Waals surface area (Å²) in [6.07, 6.45) is 1.74. The third-order valence-electron chi connectivity index (χ3n) is 2.99. The molecular weight excluding hydrogens is 217 g/mol. The van der Waals surface area contributed by atoms with Crippen molar-refractivity contribution in [2.45, 2.75) is 20.4 Å². The fourth-order valence-electron chi connectivity index (χ4n) is 1.91. The molecule has 1 aromatic heterocycles. The van der Waals surface area contributed by atoms with E-state index in [0.29, 0.717) is 0 Å². The molecule has 90 valence electrons. The number of hydrogen-bond acceptors (Lipinski definition) is 2. The van der Waals surface area contributed by atoms with Crippen molar-refractivity contribution in [1.29, 1.82) is 0 Å². The number of nitrogens with one attached hydrogen (secondary N) is 1. The minimum Gasteiger partial charge on any atom is -0.418 e. The molecule has 18 heavy (non-hydrogen) atoms. The third-order valence-corrected chi connectivity index (χ3v) is 2.99. The van der Waals surface area contributed by atoms with E-state index in [2.05, 4.69) is 34.8 Å². The van der Waals surface area contributed by atoms with Gasteiger partial charge in [0.05, 0.1) is 18.6 Å². The number of aryl methyl sites for hydroxylation is 1. The standard InChI is InChI=1S/C14H18N3.Li/c1-4-17(9-13-12(3)15-10-16-13)14-8-6-5-7-11(14)2;/h5-8,10H,2,4,9H2,1,3H3,(H,15,16);/q-1;+1. The first-order valence-corrected chi connectivity index (χ1v) is 5.87. The van der Waals surface area contributed by atoms with Crippen LogP contribution in [0.3, 0.4) is 0 Å². The molecule has 3 nitrogen and oxygen atoms in total. The summed E-state index contributed by atoms with van der Waals surface area (Å²) in [6.45, 7) is 10.0. The number of aromatic amines is 1. The van der Waals surface area contributed by atoms with Crippen molar-refractivity contribution in [2.75, 3.05) is 11.4 Å². The molecule has 0 aliphatic heterocycles. The summed E-state index contributed by atoms with van der Waals surface area (Å²) in [4.78, 5) is 9.74. The smallest absolute Gasteiger partial charge is 0.418 e. The molecule has 1 aromatic carbocycles. The predicted molar refractivity (Wildman–Crippen MR) is 70.9 cm³/mol. The van der Waals surface area contributed by atoms with Crippen molar-refractivity contribution in [2.24, 2.45) is 0 Å². The molecule has 0 spiro atoms. The van der Waals surface area contributed by atoms with E-state index in [1.54, 1.807) is 6.33 Å². The van der Waals surface area contributed by atoms with Crippen LogP contribution < -0.4 is 23.8 Å². The Kier molecular flexibility index (Phi) is 5.40. The zero-order valence-electron chi connectivity index (χ0n) is 11.4. The van der Waals surface area contributed by atoms with Gasteiger partial charge in [-0.15, -0.1) is 6.07 Å². The Balaban J connectivity index is 0.00000162. The number of hydrogen-bond donors (Lipinski definition) is 1. The predicted octanol–water partition coefficient (Wildman–Crippen LogP) is -0.0692. The van der Waals surface area contributed by atoms with Gasteiger partial charge in [-0.05, 0) is 13.8 Å². The maximum absolute atomic E-state index is 4.34. The molecule has 1 heterocycles. The second-order valence-electron chi connectivity index (χ2n) is 4.12. The molecule has 0 bridgehead atoms. The van der Waals surface area contributed by atoms with Gasteiger partial charge in [-0.25, -0.2) is 4.98 Å². The third kappa shape index (κ3) is 3.13.